The van der Waals surface area contributed by atoms with E-state index in [1.165, 1.54) is 0 Å². The SMILES string of the molecule is CN=C(NCC(=O)NC(C)(C)C)NCc1cccc(CN2CCCC2=O)c1. The molecule has 1 aliphatic heterocycles. The van der Waals surface area contributed by atoms with Gasteiger partial charge >= 0.3 is 0 Å². The van der Waals surface area contributed by atoms with Gasteiger partial charge in [-0.1, -0.05) is 24.3 Å². The van der Waals surface area contributed by atoms with E-state index in [-0.39, 0.29) is 23.9 Å². The van der Waals surface area contributed by atoms with Crippen molar-refractivity contribution >= 4 is 17.8 Å². The third-order valence-corrected chi connectivity index (χ3v) is 4.15. The second-order valence-electron chi connectivity index (χ2n) is 7.82. The number of likely N-dealkylation sites (tertiary alicyclic amines) is 1. The zero-order chi connectivity index (χ0) is 19.9. The third-order valence-electron chi connectivity index (χ3n) is 4.15. The van der Waals surface area contributed by atoms with Gasteiger partial charge in [-0.2, -0.15) is 0 Å². The smallest absolute Gasteiger partial charge is 0.239 e. The molecule has 148 valence electrons. The van der Waals surface area contributed by atoms with Crippen LogP contribution >= 0.6 is 0 Å². The normalized spacial score (nSPS) is 15.0. The Morgan fingerprint density at radius 2 is 1.96 bits per heavy atom. The van der Waals surface area contributed by atoms with E-state index in [0.29, 0.717) is 25.5 Å². The van der Waals surface area contributed by atoms with Crippen molar-refractivity contribution in [2.45, 2.75) is 52.2 Å². The van der Waals surface area contributed by atoms with Crippen LogP contribution in [0, 0.1) is 0 Å². The zero-order valence-corrected chi connectivity index (χ0v) is 16.8. The van der Waals surface area contributed by atoms with Gasteiger partial charge in [0.2, 0.25) is 11.8 Å². The fraction of sp³-hybridized carbons (Fsp3) is 0.550. The molecule has 27 heavy (non-hydrogen) atoms. The van der Waals surface area contributed by atoms with Crippen LogP contribution < -0.4 is 16.0 Å². The summed E-state index contributed by atoms with van der Waals surface area (Å²) in [5, 5.41) is 9.13. The number of carbonyl (C=O) groups is 2. The summed E-state index contributed by atoms with van der Waals surface area (Å²) in [5.74, 6) is 0.721. The Balaban J connectivity index is 1.83. The Kier molecular flexibility index (Phi) is 7.21. The molecule has 3 N–H and O–H groups in total. The van der Waals surface area contributed by atoms with Gasteiger partial charge in [0.05, 0.1) is 6.54 Å². The van der Waals surface area contributed by atoms with Crippen molar-refractivity contribution in [2.75, 3.05) is 20.1 Å². The van der Waals surface area contributed by atoms with Crippen LogP contribution in [-0.2, 0) is 22.7 Å². The number of aliphatic imine (C=N–C) groups is 1. The van der Waals surface area contributed by atoms with Gasteiger partial charge in [-0.25, -0.2) is 0 Å². The summed E-state index contributed by atoms with van der Waals surface area (Å²) in [4.78, 5) is 29.7. The monoisotopic (exact) mass is 373 g/mol. The number of hydrogen-bond acceptors (Lipinski definition) is 3. The first-order chi connectivity index (χ1) is 12.8. The fourth-order valence-electron chi connectivity index (χ4n) is 2.96. The van der Waals surface area contributed by atoms with E-state index in [1.54, 1.807) is 7.05 Å². The van der Waals surface area contributed by atoms with Crippen LogP contribution in [0.25, 0.3) is 0 Å². The summed E-state index contributed by atoms with van der Waals surface area (Å²) < 4.78 is 0. The maximum Gasteiger partial charge on any atom is 0.239 e. The van der Waals surface area contributed by atoms with Crippen molar-refractivity contribution in [1.82, 2.24) is 20.9 Å². The highest BCUT2D eigenvalue weighted by Crippen LogP contribution is 2.15. The summed E-state index contributed by atoms with van der Waals surface area (Å²) in [6, 6.07) is 8.17. The second kappa shape index (κ2) is 9.39. The van der Waals surface area contributed by atoms with Crippen LogP contribution in [-0.4, -0.2) is 48.3 Å². The van der Waals surface area contributed by atoms with Gasteiger partial charge in [0.1, 0.15) is 0 Å². The van der Waals surface area contributed by atoms with Gasteiger partial charge in [-0.15, -0.1) is 0 Å². The van der Waals surface area contributed by atoms with E-state index in [4.69, 9.17) is 0 Å². The van der Waals surface area contributed by atoms with Gasteiger partial charge in [-0.3, -0.25) is 14.6 Å². The predicted molar refractivity (Wildman–Crippen MR) is 107 cm³/mol. The quantitative estimate of drug-likeness (QED) is 0.520. The van der Waals surface area contributed by atoms with Crippen molar-refractivity contribution in [3.05, 3.63) is 35.4 Å². The molecule has 2 rings (SSSR count). The van der Waals surface area contributed by atoms with Crippen LogP contribution in [0.15, 0.2) is 29.3 Å². The van der Waals surface area contributed by atoms with Crippen molar-refractivity contribution in [3.8, 4) is 0 Å². The number of guanidine groups is 1. The van der Waals surface area contributed by atoms with Crippen LogP contribution in [0.3, 0.4) is 0 Å². The van der Waals surface area contributed by atoms with Crippen molar-refractivity contribution in [2.24, 2.45) is 4.99 Å². The molecule has 0 atom stereocenters. The van der Waals surface area contributed by atoms with Crippen LogP contribution in [0.4, 0.5) is 0 Å². The zero-order valence-electron chi connectivity index (χ0n) is 16.8. The molecule has 0 aromatic heterocycles. The molecule has 2 amide bonds. The molecule has 0 saturated carbocycles. The van der Waals surface area contributed by atoms with E-state index < -0.39 is 0 Å². The summed E-state index contributed by atoms with van der Waals surface area (Å²) >= 11 is 0. The molecule has 0 aliphatic carbocycles. The minimum atomic E-state index is -0.257. The molecule has 0 unspecified atom stereocenters. The number of carbonyl (C=O) groups excluding carboxylic acids is 2. The molecule has 1 fully saturated rings. The van der Waals surface area contributed by atoms with E-state index in [0.717, 1.165) is 24.1 Å². The van der Waals surface area contributed by atoms with Crippen molar-refractivity contribution < 1.29 is 9.59 Å². The number of hydrogen-bond donors (Lipinski definition) is 3. The first kappa shape index (κ1) is 20.7. The predicted octanol–water partition coefficient (Wildman–Crippen LogP) is 1.39. The molecular formula is C20H31N5O2. The van der Waals surface area contributed by atoms with Crippen LogP contribution in [0.1, 0.15) is 44.7 Å². The highest BCUT2D eigenvalue weighted by Gasteiger charge is 2.20. The lowest BCUT2D eigenvalue weighted by Gasteiger charge is -2.21. The highest BCUT2D eigenvalue weighted by atomic mass is 16.2. The van der Waals surface area contributed by atoms with Gasteiger partial charge in [0.25, 0.3) is 0 Å². The molecule has 7 nitrogen and oxygen atoms in total. The number of benzene rings is 1. The van der Waals surface area contributed by atoms with Gasteiger partial charge in [0.15, 0.2) is 5.96 Å². The van der Waals surface area contributed by atoms with Gasteiger partial charge < -0.3 is 20.9 Å². The lowest BCUT2D eigenvalue weighted by atomic mass is 10.1. The van der Waals surface area contributed by atoms with Crippen LogP contribution in [0.2, 0.25) is 0 Å². The first-order valence-corrected chi connectivity index (χ1v) is 9.38. The van der Waals surface area contributed by atoms with Crippen molar-refractivity contribution in [3.63, 3.8) is 0 Å². The molecule has 1 aliphatic rings. The molecule has 7 heteroatoms. The second-order valence-corrected chi connectivity index (χ2v) is 7.82. The van der Waals surface area contributed by atoms with E-state index in [9.17, 15) is 9.59 Å². The Morgan fingerprint density at radius 3 is 2.59 bits per heavy atom. The third kappa shape index (κ3) is 7.29. The molecular weight excluding hydrogens is 342 g/mol. The molecule has 0 radical (unpaired) electrons. The number of amides is 2. The van der Waals surface area contributed by atoms with E-state index >= 15 is 0 Å². The van der Waals surface area contributed by atoms with E-state index in [1.807, 2.05) is 43.9 Å². The fourth-order valence-corrected chi connectivity index (χ4v) is 2.96. The Morgan fingerprint density at radius 1 is 1.22 bits per heavy atom. The first-order valence-electron chi connectivity index (χ1n) is 9.38. The Bertz CT molecular complexity index is 694. The lowest BCUT2D eigenvalue weighted by Crippen LogP contribution is -2.48. The van der Waals surface area contributed by atoms with Gasteiger partial charge in [-0.05, 0) is 38.3 Å². The Hall–Kier alpha value is -2.57. The summed E-state index contributed by atoms with van der Waals surface area (Å²) in [7, 11) is 1.67. The number of nitrogens with one attached hydrogen (secondary N) is 3. The average Bonchev–Trinajstić information content (AvgIpc) is 2.99. The largest absolute Gasteiger partial charge is 0.352 e. The molecule has 1 aromatic carbocycles. The standard InChI is InChI=1S/C20H31N5O2/c1-20(2,3)24-17(26)13-23-19(21-4)22-12-15-7-5-8-16(11-15)14-25-10-6-9-18(25)27/h5,7-8,11H,6,9-10,12-14H2,1-4H3,(H,24,26)(H2,21,22,23). The van der Waals surface area contributed by atoms with E-state index in [2.05, 4.69) is 27.0 Å². The molecule has 1 heterocycles. The number of rotatable bonds is 6. The number of nitrogens with zero attached hydrogens (tertiary/aromatic N) is 2. The minimum absolute atomic E-state index is 0.0808. The highest BCUT2D eigenvalue weighted by molar-refractivity contribution is 5.86. The molecule has 0 bridgehead atoms. The maximum absolute atomic E-state index is 11.9. The van der Waals surface area contributed by atoms with Crippen molar-refractivity contribution in [1.29, 1.82) is 0 Å². The summed E-state index contributed by atoms with van der Waals surface area (Å²) in [6.45, 7) is 8.08. The molecule has 1 saturated heterocycles. The maximum atomic E-state index is 11.9. The Labute approximate surface area is 161 Å². The minimum Gasteiger partial charge on any atom is -0.352 e. The summed E-state index contributed by atoms with van der Waals surface area (Å²) in [6.07, 6.45) is 1.61. The molecule has 0 spiro atoms. The molecule has 1 aromatic rings. The summed E-state index contributed by atoms with van der Waals surface area (Å²) in [5.41, 5.74) is 1.96. The lowest BCUT2D eigenvalue weighted by molar-refractivity contribution is -0.128. The van der Waals surface area contributed by atoms with Gasteiger partial charge in [0, 0.05) is 38.6 Å². The average molecular weight is 374 g/mol. The topological polar surface area (TPSA) is 85.8 Å². The van der Waals surface area contributed by atoms with Crippen LogP contribution in [0.5, 0.6) is 0 Å².